The van der Waals surface area contributed by atoms with Crippen molar-refractivity contribution in [1.29, 1.82) is 0 Å². The summed E-state index contributed by atoms with van der Waals surface area (Å²) < 4.78 is 21.3. The lowest BCUT2D eigenvalue weighted by Crippen LogP contribution is -2.45. The van der Waals surface area contributed by atoms with Gasteiger partial charge in [-0.2, -0.15) is 0 Å². The van der Waals surface area contributed by atoms with Crippen LogP contribution in [-0.4, -0.2) is 37.0 Å². The van der Waals surface area contributed by atoms with E-state index in [9.17, 15) is 14.4 Å². The van der Waals surface area contributed by atoms with Crippen molar-refractivity contribution < 1.29 is 33.3 Å². The Labute approximate surface area is 152 Å². The van der Waals surface area contributed by atoms with Crippen LogP contribution in [0.1, 0.15) is 46.3 Å². The first kappa shape index (κ1) is 19.6. The molecule has 0 unspecified atom stereocenters. The maximum absolute atomic E-state index is 12.7. The van der Waals surface area contributed by atoms with E-state index in [0.29, 0.717) is 17.0 Å². The van der Waals surface area contributed by atoms with Gasteiger partial charge in [-0.15, -0.1) is 0 Å². The third-order valence-electron chi connectivity index (χ3n) is 3.48. The van der Waals surface area contributed by atoms with Crippen molar-refractivity contribution in [3.8, 4) is 5.75 Å². The number of ether oxygens (including phenoxy) is 4. The van der Waals surface area contributed by atoms with E-state index in [-0.39, 0.29) is 0 Å². The molecule has 0 N–H and O–H groups in total. The van der Waals surface area contributed by atoms with Gasteiger partial charge in [0.25, 0.3) is 0 Å². The second-order valence-corrected chi connectivity index (χ2v) is 6.81. The van der Waals surface area contributed by atoms with Gasteiger partial charge < -0.3 is 18.9 Å². The predicted octanol–water partition coefficient (Wildman–Crippen LogP) is 2.94. The average Bonchev–Trinajstić information content (AvgIpc) is 2.77. The van der Waals surface area contributed by atoms with E-state index in [1.807, 2.05) is 0 Å². The minimum Gasteiger partial charge on any atom is -0.497 e. The summed E-state index contributed by atoms with van der Waals surface area (Å²) in [7, 11) is 1.49. The molecule has 0 fully saturated rings. The number of nitrogens with zero attached hydrogens (tertiary/aromatic N) is 1. The molecule has 2 rings (SSSR count). The number of methoxy groups -OCH3 is 1. The van der Waals surface area contributed by atoms with Crippen LogP contribution in [0.2, 0.25) is 0 Å². The lowest BCUT2D eigenvalue weighted by Gasteiger charge is -2.29. The van der Waals surface area contributed by atoms with E-state index in [4.69, 9.17) is 18.9 Å². The zero-order valence-corrected chi connectivity index (χ0v) is 15.7. The number of esters is 2. The van der Waals surface area contributed by atoms with E-state index in [2.05, 4.69) is 0 Å². The Morgan fingerprint density at radius 2 is 1.65 bits per heavy atom. The quantitative estimate of drug-likeness (QED) is 0.601. The van der Waals surface area contributed by atoms with Gasteiger partial charge in [-0.05, 0) is 39.0 Å². The normalized spacial score (nSPS) is 18.8. The molecule has 8 nitrogen and oxygen atoms in total. The van der Waals surface area contributed by atoms with Crippen molar-refractivity contribution in [2.45, 2.75) is 52.6 Å². The zero-order valence-electron chi connectivity index (χ0n) is 15.7. The van der Waals surface area contributed by atoms with Crippen LogP contribution in [0.5, 0.6) is 5.75 Å². The molecule has 0 aromatic heterocycles. The molecule has 1 aliphatic rings. The molecule has 1 amide bonds. The van der Waals surface area contributed by atoms with E-state index >= 15 is 0 Å². The summed E-state index contributed by atoms with van der Waals surface area (Å²) in [6.07, 6.45) is -2.88. The van der Waals surface area contributed by atoms with Crippen LogP contribution in [-0.2, 0) is 23.8 Å². The van der Waals surface area contributed by atoms with Crippen LogP contribution in [0.25, 0.3) is 0 Å². The first-order valence-electron chi connectivity index (χ1n) is 8.08. The molecule has 0 spiro atoms. The fraction of sp³-hybridized carbons (Fsp3) is 0.500. The maximum Gasteiger partial charge on any atom is 0.417 e. The number of carbonyl (C=O) groups is 3. The van der Waals surface area contributed by atoms with Crippen LogP contribution in [0.3, 0.4) is 0 Å². The number of amides is 1. The summed E-state index contributed by atoms with van der Waals surface area (Å²) in [5, 5.41) is 0. The summed E-state index contributed by atoms with van der Waals surface area (Å²) in [6.45, 7) is 7.61. The fourth-order valence-corrected chi connectivity index (χ4v) is 2.63. The highest BCUT2D eigenvalue weighted by Gasteiger charge is 2.47. The Balaban J connectivity index is 2.54. The summed E-state index contributed by atoms with van der Waals surface area (Å²) >= 11 is 0. The Morgan fingerprint density at radius 1 is 1.04 bits per heavy atom. The van der Waals surface area contributed by atoms with Gasteiger partial charge in [0, 0.05) is 19.4 Å². The second-order valence-electron chi connectivity index (χ2n) is 6.81. The third kappa shape index (κ3) is 4.25. The Morgan fingerprint density at radius 3 is 2.15 bits per heavy atom. The minimum absolute atomic E-state index is 0.414. The molecule has 0 saturated heterocycles. The smallest absolute Gasteiger partial charge is 0.417 e. The van der Waals surface area contributed by atoms with E-state index in [1.54, 1.807) is 39.0 Å². The molecule has 2 atom stereocenters. The van der Waals surface area contributed by atoms with Gasteiger partial charge in [-0.25, -0.2) is 9.69 Å². The first-order chi connectivity index (χ1) is 12.0. The van der Waals surface area contributed by atoms with Crippen LogP contribution >= 0.6 is 0 Å². The number of hydrogen-bond acceptors (Lipinski definition) is 7. The molecule has 8 heteroatoms. The highest BCUT2D eigenvalue weighted by molar-refractivity contribution is 5.92. The molecule has 1 aliphatic heterocycles. The number of rotatable bonds is 3. The number of fused-ring (bicyclic) bond motifs is 1. The standard InChI is InChI=1S/C18H23NO7/c1-10(20)24-15-13-9-12(23-6)7-8-14(13)19(16(15)25-11(2)21)17(22)26-18(3,4)5/h7-9,15-16H,1-6H3/t15-,16+/m1/s1. The lowest BCUT2D eigenvalue weighted by molar-refractivity contribution is -0.164. The zero-order chi connectivity index (χ0) is 19.6. The molecule has 0 bridgehead atoms. The van der Waals surface area contributed by atoms with Gasteiger partial charge in [-0.1, -0.05) is 0 Å². The third-order valence-corrected chi connectivity index (χ3v) is 3.48. The highest BCUT2D eigenvalue weighted by Crippen LogP contribution is 2.44. The van der Waals surface area contributed by atoms with Crippen molar-refractivity contribution in [2.75, 3.05) is 12.0 Å². The van der Waals surface area contributed by atoms with Crippen molar-refractivity contribution in [3.05, 3.63) is 23.8 Å². The molecule has 1 heterocycles. The van der Waals surface area contributed by atoms with Crippen LogP contribution < -0.4 is 9.64 Å². The molecular weight excluding hydrogens is 342 g/mol. The van der Waals surface area contributed by atoms with Crippen molar-refractivity contribution in [2.24, 2.45) is 0 Å². The lowest BCUT2D eigenvalue weighted by atomic mass is 10.1. The highest BCUT2D eigenvalue weighted by atomic mass is 16.6. The molecule has 0 radical (unpaired) electrons. The number of carbonyl (C=O) groups excluding carboxylic acids is 3. The van der Waals surface area contributed by atoms with Gasteiger partial charge >= 0.3 is 18.0 Å². The fourth-order valence-electron chi connectivity index (χ4n) is 2.63. The molecule has 0 aliphatic carbocycles. The van der Waals surface area contributed by atoms with Crippen molar-refractivity contribution >= 4 is 23.7 Å². The Bertz CT molecular complexity index is 723. The topological polar surface area (TPSA) is 91.4 Å². The second kappa shape index (κ2) is 7.23. The van der Waals surface area contributed by atoms with Gasteiger partial charge in [0.15, 0.2) is 6.10 Å². The maximum atomic E-state index is 12.7. The SMILES string of the molecule is COc1ccc2c(c1)[C@@H](OC(C)=O)[C@H](OC(C)=O)N2C(=O)OC(C)(C)C. The Kier molecular flexibility index (Phi) is 5.44. The predicted molar refractivity (Wildman–Crippen MR) is 91.8 cm³/mol. The summed E-state index contributed by atoms with van der Waals surface area (Å²) in [5.41, 5.74) is 0.138. The van der Waals surface area contributed by atoms with Gasteiger partial charge in [0.2, 0.25) is 6.23 Å². The van der Waals surface area contributed by atoms with Crippen LogP contribution in [0, 0.1) is 0 Å². The van der Waals surface area contributed by atoms with Gasteiger partial charge in [-0.3, -0.25) is 9.59 Å². The number of anilines is 1. The summed E-state index contributed by atoms with van der Waals surface area (Å²) in [4.78, 5) is 37.1. The molecule has 0 saturated carbocycles. The minimum atomic E-state index is -1.17. The molecular formula is C18H23NO7. The molecule has 1 aromatic rings. The molecule has 26 heavy (non-hydrogen) atoms. The number of benzene rings is 1. The molecule has 1 aromatic carbocycles. The number of hydrogen-bond donors (Lipinski definition) is 0. The van der Waals surface area contributed by atoms with E-state index < -0.39 is 36.0 Å². The monoisotopic (exact) mass is 365 g/mol. The summed E-state index contributed by atoms with van der Waals surface area (Å²) in [5.74, 6) is -0.694. The van der Waals surface area contributed by atoms with E-state index in [0.717, 1.165) is 0 Å². The van der Waals surface area contributed by atoms with Crippen LogP contribution in [0.15, 0.2) is 18.2 Å². The first-order valence-corrected chi connectivity index (χ1v) is 8.08. The summed E-state index contributed by atoms with van der Waals surface area (Å²) in [6, 6.07) is 4.90. The molecule has 142 valence electrons. The van der Waals surface area contributed by atoms with E-state index in [1.165, 1.54) is 25.9 Å². The van der Waals surface area contributed by atoms with Crippen molar-refractivity contribution in [1.82, 2.24) is 0 Å². The van der Waals surface area contributed by atoms with Crippen LogP contribution in [0.4, 0.5) is 10.5 Å². The van der Waals surface area contributed by atoms with Gasteiger partial charge in [0.05, 0.1) is 12.8 Å². The van der Waals surface area contributed by atoms with Crippen molar-refractivity contribution in [3.63, 3.8) is 0 Å². The Hall–Kier alpha value is -2.77. The average molecular weight is 365 g/mol. The van der Waals surface area contributed by atoms with Gasteiger partial charge in [0.1, 0.15) is 11.4 Å². The largest absolute Gasteiger partial charge is 0.497 e.